The summed E-state index contributed by atoms with van der Waals surface area (Å²) in [5.74, 6) is 1.47. The third kappa shape index (κ3) is 3.26. The van der Waals surface area contributed by atoms with Gasteiger partial charge in [-0.15, -0.1) is 0 Å². The Bertz CT molecular complexity index is 944. The summed E-state index contributed by atoms with van der Waals surface area (Å²) >= 11 is 0. The molecule has 0 spiro atoms. The standard InChI is InChI=1S/C22H23N3O2/c1-14-7-6-10-24-21(14)18-11-15-12-19(26-2)20(27-3)13-16(15)22(25-18)17-8-4-5-9-23-17/h4-10,12-13,18,22,25H,11H2,1-3H3/t18-,22+/m0/s1. The Hall–Kier alpha value is -2.92. The highest BCUT2D eigenvalue weighted by Gasteiger charge is 2.31. The van der Waals surface area contributed by atoms with Crippen LogP contribution in [-0.2, 0) is 6.42 Å². The van der Waals surface area contributed by atoms with Gasteiger partial charge in [-0.05, 0) is 60.4 Å². The van der Waals surface area contributed by atoms with Crippen molar-refractivity contribution in [3.63, 3.8) is 0 Å². The van der Waals surface area contributed by atoms with E-state index in [-0.39, 0.29) is 12.1 Å². The van der Waals surface area contributed by atoms with Crippen LogP contribution in [0.15, 0.2) is 54.9 Å². The van der Waals surface area contributed by atoms with Crippen LogP contribution in [0.1, 0.15) is 40.2 Å². The molecule has 0 unspecified atom stereocenters. The summed E-state index contributed by atoms with van der Waals surface area (Å²) in [4.78, 5) is 9.24. The summed E-state index contributed by atoms with van der Waals surface area (Å²) in [6.45, 7) is 2.10. The SMILES string of the molecule is COc1cc2c(cc1OC)[C@H](c1ccccn1)N[C@H](c1ncccc1C)C2. The summed E-state index contributed by atoms with van der Waals surface area (Å²) < 4.78 is 11.1. The van der Waals surface area contributed by atoms with Crippen LogP contribution in [0.4, 0.5) is 0 Å². The molecular formula is C22H23N3O2. The van der Waals surface area contributed by atoms with Gasteiger partial charge in [0.05, 0.1) is 37.7 Å². The maximum absolute atomic E-state index is 5.53. The fourth-order valence-electron chi connectivity index (χ4n) is 3.78. The fraction of sp³-hybridized carbons (Fsp3) is 0.273. The largest absolute Gasteiger partial charge is 0.493 e. The maximum Gasteiger partial charge on any atom is 0.161 e. The number of methoxy groups -OCH3 is 2. The van der Waals surface area contributed by atoms with Crippen LogP contribution in [-0.4, -0.2) is 24.2 Å². The molecule has 1 N–H and O–H groups in total. The Kier molecular flexibility index (Phi) is 4.77. The van der Waals surface area contributed by atoms with Crippen LogP contribution in [0, 0.1) is 6.92 Å². The van der Waals surface area contributed by atoms with Gasteiger partial charge in [0.15, 0.2) is 11.5 Å². The number of hydrogen-bond acceptors (Lipinski definition) is 5. The average Bonchev–Trinajstić information content (AvgIpc) is 2.72. The Morgan fingerprint density at radius 2 is 1.74 bits per heavy atom. The highest BCUT2D eigenvalue weighted by molar-refractivity contribution is 5.51. The third-order valence-electron chi connectivity index (χ3n) is 5.11. The van der Waals surface area contributed by atoms with Crippen LogP contribution >= 0.6 is 0 Å². The molecule has 3 heterocycles. The van der Waals surface area contributed by atoms with E-state index in [9.17, 15) is 0 Å². The van der Waals surface area contributed by atoms with Gasteiger partial charge in [0, 0.05) is 12.4 Å². The molecule has 0 fully saturated rings. The van der Waals surface area contributed by atoms with Crippen molar-refractivity contribution in [1.29, 1.82) is 0 Å². The highest BCUT2D eigenvalue weighted by atomic mass is 16.5. The first-order chi connectivity index (χ1) is 13.2. The molecule has 0 amide bonds. The lowest BCUT2D eigenvalue weighted by atomic mass is 9.86. The number of nitrogens with zero attached hydrogens (tertiary/aromatic N) is 2. The number of nitrogens with one attached hydrogen (secondary N) is 1. The zero-order valence-corrected chi connectivity index (χ0v) is 15.8. The molecule has 4 rings (SSSR count). The van der Waals surface area contributed by atoms with Gasteiger partial charge in [-0.25, -0.2) is 0 Å². The summed E-state index contributed by atoms with van der Waals surface area (Å²) in [5, 5.41) is 3.75. The van der Waals surface area contributed by atoms with Gasteiger partial charge in [0.2, 0.25) is 0 Å². The van der Waals surface area contributed by atoms with E-state index in [4.69, 9.17) is 9.47 Å². The first-order valence-electron chi connectivity index (χ1n) is 9.04. The summed E-state index contributed by atoms with van der Waals surface area (Å²) in [6, 6.07) is 14.3. The molecule has 2 atom stereocenters. The van der Waals surface area contributed by atoms with Crippen molar-refractivity contribution in [2.24, 2.45) is 0 Å². The topological polar surface area (TPSA) is 56.3 Å². The van der Waals surface area contributed by atoms with Crippen molar-refractivity contribution in [3.05, 3.63) is 82.9 Å². The predicted octanol–water partition coefficient (Wildman–Crippen LogP) is 3.78. The van der Waals surface area contributed by atoms with Gasteiger partial charge in [0.25, 0.3) is 0 Å². The van der Waals surface area contributed by atoms with Gasteiger partial charge in [0.1, 0.15) is 0 Å². The van der Waals surface area contributed by atoms with Crippen molar-refractivity contribution < 1.29 is 9.47 Å². The Morgan fingerprint density at radius 3 is 2.44 bits per heavy atom. The van der Waals surface area contributed by atoms with E-state index in [1.165, 1.54) is 11.1 Å². The molecule has 138 valence electrons. The first-order valence-corrected chi connectivity index (χ1v) is 9.04. The molecule has 5 heteroatoms. The van der Waals surface area contributed by atoms with Gasteiger partial charge in [-0.2, -0.15) is 0 Å². The molecule has 0 saturated carbocycles. The lowest BCUT2D eigenvalue weighted by Gasteiger charge is -2.34. The second kappa shape index (κ2) is 7.37. The Balaban J connectivity index is 1.84. The number of ether oxygens (including phenoxy) is 2. The lowest BCUT2D eigenvalue weighted by molar-refractivity contribution is 0.350. The van der Waals surface area contributed by atoms with Crippen molar-refractivity contribution in [1.82, 2.24) is 15.3 Å². The zero-order chi connectivity index (χ0) is 18.8. The van der Waals surface area contributed by atoms with Crippen LogP contribution in [0.3, 0.4) is 0 Å². The van der Waals surface area contributed by atoms with Crippen molar-refractivity contribution >= 4 is 0 Å². The Morgan fingerprint density at radius 1 is 0.963 bits per heavy atom. The monoisotopic (exact) mass is 361 g/mol. The second-order valence-electron chi connectivity index (χ2n) is 6.72. The summed E-state index contributed by atoms with van der Waals surface area (Å²) in [6.07, 6.45) is 4.51. The van der Waals surface area contributed by atoms with E-state index >= 15 is 0 Å². The highest BCUT2D eigenvalue weighted by Crippen LogP contribution is 2.40. The first kappa shape index (κ1) is 17.5. The zero-order valence-electron chi connectivity index (χ0n) is 15.8. The van der Waals surface area contributed by atoms with E-state index in [0.717, 1.165) is 34.9 Å². The summed E-state index contributed by atoms with van der Waals surface area (Å²) in [5.41, 5.74) is 5.61. The minimum atomic E-state index is -0.0406. The number of benzene rings is 1. The van der Waals surface area contributed by atoms with E-state index in [2.05, 4.69) is 40.4 Å². The van der Waals surface area contributed by atoms with Crippen LogP contribution in [0.25, 0.3) is 0 Å². The smallest absolute Gasteiger partial charge is 0.161 e. The van der Waals surface area contributed by atoms with E-state index in [0.29, 0.717) is 0 Å². The van der Waals surface area contributed by atoms with Gasteiger partial charge in [-0.1, -0.05) is 12.1 Å². The van der Waals surface area contributed by atoms with E-state index in [1.54, 1.807) is 14.2 Å². The minimum absolute atomic E-state index is 0.0406. The molecule has 0 aliphatic carbocycles. The van der Waals surface area contributed by atoms with E-state index < -0.39 is 0 Å². The molecule has 0 bridgehead atoms. The minimum Gasteiger partial charge on any atom is -0.493 e. The Labute approximate surface area is 159 Å². The van der Waals surface area contributed by atoms with Gasteiger partial charge >= 0.3 is 0 Å². The average molecular weight is 361 g/mol. The maximum atomic E-state index is 5.53. The number of rotatable bonds is 4. The van der Waals surface area contributed by atoms with Crippen molar-refractivity contribution in [2.75, 3.05) is 14.2 Å². The van der Waals surface area contributed by atoms with Crippen molar-refractivity contribution in [3.8, 4) is 11.5 Å². The van der Waals surface area contributed by atoms with Gasteiger partial charge < -0.3 is 9.47 Å². The predicted molar refractivity (Wildman–Crippen MR) is 104 cm³/mol. The molecular weight excluding hydrogens is 338 g/mol. The molecule has 5 nitrogen and oxygen atoms in total. The normalized spacial score (nSPS) is 18.6. The van der Waals surface area contributed by atoms with E-state index in [1.807, 2.05) is 36.7 Å². The molecule has 2 aromatic heterocycles. The van der Waals surface area contributed by atoms with Crippen LogP contribution in [0.5, 0.6) is 11.5 Å². The number of aromatic nitrogens is 2. The molecule has 1 aliphatic heterocycles. The van der Waals surface area contributed by atoms with Crippen LogP contribution in [0.2, 0.25) is 0 Å². The van der Waals surface area contributed by atoms with Crippen molar-refractivity contribution in [2.45, 2.75) is 25.4 Å². The number of aryl methyl sites for hydroxylation is 1. The molecule has 1 aliphatic rings. The van der Waals surface area contributed by atoms with Gasteiger partial charge in [-0.3, -0.25) is 15.3 Å². The lowest BCUT2D eigenvalue weighted by Crippen LogP contribution is -2.35. The molecule has 27 heavy (non-hydrogen) atoms. The molecule has 1 aromatic carbocycles. The fourth-order valence-corrected chi connectivity index (χ4v) is 3.78. The quantitative estimate of drug-likeness (QED) is 0.766. The number of fused-ring (bicyclic) bond motifs is 1. The molecule has 0 radical (unpaired) electrons. The number of hydrogen-bond donors (Lipinski definition) is 1. The number of pyridine rings is 2. The van der Waals surface area contributed by atoms with Crippen LogP contribution < -0.4 is 14.8 Å². The summed E-state index contributed by atoms with van der Waals surface area (Å²) in [7, 11) is 3.33. The third-order valence-corrected chi connectivity index (χ3v) is 5.11. The molecule has 0 saturated heterocycles. The second-order valence-corrected chi connectivity index (χ2v) is 6.72. The molecule has 3 aromatic rings.